The first-order valence-electron chi connectivity index (χ1n) is 33.7. The number of nitrogens with zero attached hydrogens (tertiary/aromatic N) is 1. The van der Waals surface area contributed by atoms with Crippen LogP contribution in [0.5, 0.6) is 0 Å². The number of likely N-dealkylation sites (N-methyl/N-ethyl adjacent to an activating group) is 1. The van der Waals surface area contributed by atoms with Crippen LogP contribution in [0.15, 0.2) is 24.3 Å². The maximum atomic E-state index is 13.6. The summed E-state index contributed by atoms with van der Waals surface area (Å²) in [6.07, 6.45) is 69.2. The second-order valence-electron chi connectivity index (χ2n) is 24.4. The van der Waals surface area contributed by atoms with Crippen LogP contribution in [0, 0.1) is 0 Å². The first-order chi connectivity index (χ1) is 37.4. The number of ether oxygens (including phenoxy) is 1. The lowest BCUT2D eigenvalue weighted by Crippen LogP contribution is -2.47. The molecule has 0 spiro atoms. The molecule has 0 aliphatic rings. The number of quaternary nitrogens is 1. The monoisotopic (exact) mass is 1110 g/mol. The van der Waals surface area contributed by atoms with E-state index in [9.17, 15) is 19.0 Å². The van der Waals surface area contributed by atoms with Gasteiger partial charge in [-0.1, -0.05) is 302 Å². The summed E-state index contributed by atoms with van der Waals surface area (Å²) in [5.41, 5.74) is 0. The lowest BCUT2D eigenvalue weighted by atomic mass is 10.0. The lowest BCUT2D eigenvalue weighted by Gasteiger charge is -2.27. The molecule has 0 rings (SSSR count). The summed E-state index contributed by atoms with van der Waals surface area (Å²) < 4.78 is 30.7. The van der Waals surface area contributed by atoms with Gasteiger partial charge in [0.1, 0.15) is 19.3 Å². The number of carbonyl (C=O) groups is 2. The Kier molecular flexibility index (Phi) is 56.6. The minimum Gasteiger partial charge on any atom is -0.456 e. The number of hydrogen-bond acceptors (Lipinski definition) is 6. The Morgan fingerprint density at radius 3 is 1.14 bits per heavy atom. The average molecular weight is 1110 g/mol. The molecule has 1 amide bonds. The number of amides is 1. The third kappa shape index (κ3) is 58.9. The number of nitrogens with one attached hydrogen (secondary N) is 1. The van der Waals surface area contributed by atoms with E-state index in [4.69, 9.17) is 13.8 Å². The highest BCUT2D eigenvalue weighted by Crippen LogP contribution is 2.43. The van der Waals surface area contributed by atoms with Gasteiger partial charge < -0.3 is 19.4 Å². The minimum atomic E-state index is -4.44. The van der Waals surface area contributed by atoms with Gasteiger partial charge in [0, 0.05) is 12.8 Å². The molecule has 0 fully saturated rings. The predicted molar refractivity (Wildman–Crippen MR) is 333 cm³/mol. The van der Waals surface area contributed by atoms with Crippen molar-refractivity contribution in [2.45, 2.75) is 354 Å². The number of unbranched alkanes of at least 4 members (excludes halogenated alkanes) is 44. The highest BCUT2D eigenvalue weighted by atomic mass is 31.2. The fourth-order valence-electron chi connectivity index (χ4n) is 10.2. The standard InChI is InChI=1S/C67H131N2O7P/c1-7-10-13-16-19-22-25-27-28-29-30-31-32-33-34-35-36-37-38-39-40-42-45-47-50-53-56-59-66(70)68-64(63-75-77(72,73)74-62-61-69(4,5)6)65(58-55-52-49-46-44-41-26-23-20-17-14-11-8-2)76-67(71)60-57-54-51-48-43-24-21-18-15-12-9-3/h18,21,55,58,64-65H,7-17,19-20,22-54,56-57,59-63H2,1-6H3,(H-,68,70,72,73)/p+1/b21-18-,58-55+. The van der Waals surface area contributed by atoms with Crippen molar-refractivity contribution >= 4 is 19.7 Å². The molecule has 0 saturated carbocycles. The van der Waals surface area contributed by atoms with Crippen LogP contribution in [0.3, 0.4) is 0 Å². The molecule has 0 saturated heterocycles. The zero-order valence-corrected chi connectivity index (χ0v) is 53.1. The van der Waals surface area contributed by atoms with Crippen molar-refractivity contribution in [2.75, 3.05) is 40.9 Å². The van der Waals surface area contributed by atoms with Gasteiger partial charge in [0.15, 0.2) is 0 Å². The Hall–Kier alpha value is -1.51. The number of phosphoric ester groups is 1. The molecule has 77 heavy (non-hydrogen) atoms. The van der Waals surface area contributed by atoms with Gasteiger partial charge in [-0.15, -0.1) is 0 Å². The molecule has 0 aliphatic heterocycles. The molecule has 0 aromatic rings. The number of rotatable bonds is 62. The van der Waals surface area contributed by atoms with Gasteiger partial charge >= 0.3 is 13.8 Å². The Morgan fingerprint density at radius 2 is 0.766 bits per heavy atom. The fraction of sp³-hybridized carbons (Fsp3) is 0.910. The van der Waals surface area contributed by atoms with E-state index in [0.29, 0.717) is 17.4 Å². The van der Waals surface area contributed by atoms with Crippen molar-refractivity contribution in [3.8, 4) is 0 Å². The molecule has 0 aliphatic carbocycles. The Bertz CT molecular complexity index is 1370. The SMILES string of the molecule is CCCC/C=C\CCCCCCCC(=O)OC(/C=C/CCCCCCCCCCCCC)C(COP(=O)(O)OCC[N+](C)(C)C)NC(=O)CCCCCCCCCCCCCCCCCCCCCCCCCCCCC. The van der Waals surface area contributed by atoms with Gasteiger partial charge in [-0.2, -0.15) is 0 Å². The second-order valence-corrected chi connectivity index (χ2v) is 25.8. The quantitative estimate of drug-likeness (QED) is 0.0205. The molecule has 0 bridgehead atoms. The van der Waals surface area contributed by atoms with Crippen molar-refractivity contribution < 1.29 is 37.3 Å². The van der Waals surface area contributed by atoms with Crippen molar-refractivity contribution in [3.05, 3.63) is 24.3 Å². The maximum Gasteiger partial charge on any atom is 0.472 e. The number of phosphoric acid groups is 1. The zero-order chi connectivity index (χ0) is 56.4. The first-order valence-corrected chi connectivity index (χ1v) is 35.2. The minimum absolute atomic E-state index is 0.0425. The molecule has 3 atom stereocenters. The van der Waals surface area contributed by atoms with Crippen LogP contribution in [0.25, 0.3) is 0 Å². The Labute approximate surface area is 479 Å². The normalized spacial score (nSPS) is 13.7. The van der Waals surface area contributed by atoms with E-state index in [1.807, 2.05) is 33.3 Å². The van der Waals surface area contributed by atoms with E-state index in [0.717, 1.165) is 83.5 Å². The van der Waals surface area contributed by atoms with E-state index in [1.54, 1.807) is 0 Å². The van der Waals surface area contributed by atoms with E-state index in [1.165, 1.54) is 225 Å². The molecule has 0 aromatic carbocycles. The summed E-state index contributed by atoms with van der Waals surface area (Å²) in [6, 6.07) is -0.846. The van der Waals surface area contributed by atoms with Gasteiger partial charge in [0.2, 0.25) is 5.91 Å². The largest absolute Gasteiger partial charge is 0.472 e. The van der Waals surface area contributed by atoms with Crippen LogP contribution in [-0.2, 0) is 27.9 Å². The average Bonchev–Trinajstić information content (AvgIpc) is 3.39. The smallest absolute Gasteiger partial charge is 0.456 e. The van der Waals surface area contributed by atoms with Crippen LogP contribution in [0.4, 0.5) is 0 Å². The molecule has 0 radical (unpaired) electrons. The summed E-state index contributed by atoms with van der Waals surface area (Å²) in [4.78, 5) is 37.7. The second kappa shape index (κ2) is 57.7. The van der Waals surface area contributed by atoms with Crippen LogP contribution < -0.4 is 5.32 Å². The van der Waals surface area contributed by atoms with Gasteiger partial charge in [-0.05, 0) is 51.0 Å². The zero-order valence-electron chi connectivity index (χ0n) is 52.2. The van der Waals surface area contributed by atoms with Crippen LogP contribution >= 0.6 is 7.82 Å². The van der Waals surface area contributed by atoms with E-state index in [2.05, 4.69) is 38.2 Å². The molecule has 456 valence electrons. The fourth-order valence-corrected chi connectivity index (χ4v) is 10.9. The van der Waals surface area contributed by atoms with Gasteiger partial charge in [0.05, 0.1) is 33.8 Å². The number of esters is 1. The molecular formula is C67H132N2O7P+. The van der Waals surface area contributed by atoms with Crippen molar-refractivity contribution in [1.29, 1.82) is 0 Å². The van der Waals surface area contributed by atoms with Gasteiger partial charge in [0.25, 0.3) is 0 Å². The predicted octanol–water partition coefficient (Wildman–Crippen LogP) is 20.9. The Balaban J connectivity index is 4.93. The van der Waals surface area contributed by atoms with E-state index < -0.39 is 20.0 Å². The van der Waals surface area contributed by atoms with Crippen molar-refractivity contribution in [3.63, 3.8) is 0 Å². The van der Waals surface area contributed by atoms with Gasteiger partial charge in [-0.3, -0.25) is 18.6 Å². The van der Waals surface area contributed by atoms with Gasteiger partial charge in [-0.25, -0.2) is 4.57 Å². The summed E-state index contributed by atoms with van der Waals surface area (Å²) in [6.45, 7) is 7.02. The summed E-state index contributed by atoms with van der Waals surface area (Å²) in [5, 5.41) is 3.07. The number of hydrogen-bond donors (Lipinski definition) is 2. The topological polar surface area (TPSA) is 111 Å². The lowest BCUT2D eigenvalue weighted by molar-refractivity contribution is -0.870. The summed E-state index contributed by atoms with van der Waals surface area (Å²) >= 11 is 0. The van der Waals surface area contributed by atoms with E-state index >= 15 is 0 Å². The molecule has 9 nitrogen and oxygen atoms in total. The highest BCUT2D eigenvalue weighted by Gasteiger charge is 2.30. The molecule has 3 unspecified atom stereocenters. The third-order valence-corrected chi connectivity index (χ3v) is 16.4. The summed E-state index contributed by atoms with van der Waals surface area (Å²) in [5.74, 6) is -0.499. The van der Waals surface area contributed by atoms with Crippen LogP contribution in [-0.4, -0.2) is 74.3 Å². The molecule has 0 aromatic heterocycles. The van der Waals surface area contributed by atoms with Crippen molar-refractivity contribution in [1.82, 2.24) is 5.32 Å². The number of allylic oxidation sites excluding steroid dienone is 3. The first kappa shape index (κ1) is 75.5. The molecule has 0 heterocycles. The van der Waals surface area contributed by atoms with Crippen LogP contribution in [0.2, 0.25) is 0 Å². The number of carbonyl (C=O) groups excluding carboxylic acids is 2. The highest BCUT2D eigenvalue weighted by molar-refractivity contribution is 7.47. The molecular weight excluding hydrogens is 976 g/mol. The van der Waals surface area contributed by atoms with E-state index in [-0.39, 0.29) is 31.5 Å². The Morgan fingerprint density at radius 1 is 0.442 bits per heavy atom. The molecule has 2 N–H and O–H groups in total. The van der Waals surface area contributed by atoms with Crippen molar-refractivity contribution in [2.24, 2.45) is 0 Å². The van der Waals surface area contributed by atoms with Crippen LogP contribution in [0.1, 0.15) is 342 Å². The third-order valence-electron chi connectivity index (χ3n) is 15.4. The molecule has 10 heteroatoms. The maximum absolute atomic E-state index is 13.6. The summed E-state index contributed by atoms with van der Waals surface area (Å²) in [7, 11) is 1.51.